The van der Waals surface area contributed by atoms with Gasteiger partial charge in [-0.1, -0.05) is 46.4 Å². The van der Waals surface area contributed by atoms with E-state index in [1.165, 1.54) is 17.3 Å². The highest BCUT2D eigenvalue weighted by molar-refractivity contribution is 6.36. The maximum atomic E-state index is 12.8. The van der Waals surface area contributed by atoms with Crippen LogP contribution in [-0.2, 0) is 9.59 Å². The molecule has 0 aliphatic rings. The Labute approximate surface area is 216 Å². The maximum Gasteiger partial charge on any atom is 0.248 e. The molecule has 34 heavy (non-hydrogen) atoms. The predicted octanol–water partition coefficient (Wildman–Crippen LogP) is 5.60. The van der Waals surface area contributed by atoms with Crippen LogP contribution >= 0.6 is 46.4 Å². The number of aromatic nitrogens is 3. The van der Waals surface area contributed by atoms with Gasteiger partial charge in [0, 0.05) is 22.9 Å². The van der Waals surface area contributed by atoms with Crippen molar-refractivity contribution in [3.8, 4) is 11.5 Å². The van der Waals surface area contributed by atoms with E-state index in [4.69, 9.17) is 55.9 Å². The van der Waals surface area contributed by atoms with Crippen LogP contribution in [0.1, 0.15) is 25.7 Å². The van der Waals surface area contributed by atoms with Gasteiger partial charge in [-0.05, 0) is 49.2 Å². The summed E-state index contributed by atoms with van der Waals surface area (Å²) in [6.45, 7) is 0.458. The zero-order chi connectivity index (χ0) is 24.5. The minimum absolute atomic E-state index is 0.0615. The van der Waals surface area contributed by atoms with Gasteiger partial charge in [0.05, 0.1) is 23.3 Å². The van der Waals surface area contributed by atoms with Crippen LogP contribution in [0, 0.1) is 0 Å². The molecule has 0 atom stereocenters. The molecule has 0 fully saturated rings. The third-order valence-electron chi connectivity index (χ3n) is 4.48. The summed E-state index contributed by atoms with van der Waals surface area (Å²) in [7, 11) is 0. The van der Waals surface area contributed by atoms with Gasteiger partial charge < -0.3 is 9.47 Å². The van der Waals surface area contributed by atoms with Gasteiger partial charge in [-0.25, -0.2) is 4.68 Å². The molecule has 0 spiro atoms. The largest absolute Gasteiger partial charge is 0.492 e. The van der Waals surface area contributed by atoms with Crippen LogP contribution in [0.15, 0.2) is 49.1 Å². The zero-order valence-corrected chi connectivity index (χ0v) is 20.8. The summed E-state index contributed by atoms with van der Waals surface area (Å²) in [5, 5.41) is 10.1. The Morgan fingerprint density at radius 1 is 0.765 bits per heavy atom. The van der Waals surface area contributed by atoms with Crippen LogP contribution in [0.4, 0.5) is 0 Å². The molecule has 180 valence electrons. The Balaban J connectivity index is 1.49. The van der Waals surface area contributed by atoms with Gasteiger partial charge in [0.1, 0.15) is 24.2 Å². The molecule has 0 unspecified atom stereocenters. The van der Waals surface area contributed by atoms with Gasteiger partial charge in [-0.2, -0.15) is 5.01 Å². The quantitative estimate of drug-likeness (QED) is 0.291. The first-order valence-electron chi connectivity index (χ1n) is 10.2. The number of rotatable bonds is 11. The van der Waals surface area contributed by atoms with E-state index in [-0.39, 0.29) is 26.1 Å². The van der Waals surface area contributed by atoms with E-state index >= 15 is 0 Å². The maximum absolute atomic E-state index is 12.8. The van der Waals surface area contributed by atoms with Crippen molar-refractivity contribution >= 4 is 58.2 Å². The molecule has 0 saturated heterocycles. The van der Waals surface area contributed by atoms with Gasteiger partial charge >= 0.3 is 0 Å². The average molecular weight is 546 g/mol. The number of hydrogen-bond donors (Lipinski definition) is 0. The van der Waals surface area contributed by atoms with Crippen molar-refractivity contribution in [2.75, 3.05) is 18.2 Å². The Kier molecular flexibility index (Phi) is 9.83. The number of imide groups is 1. The number of hydrogen-bond acceptors (Lipinski definition) is 6. The highest BCUT2D eigenvalue weighted by Gasteiger charge is 2.23. The molecule has 1 heterocycles. The molecular weight excluding hydrogens is 526 g/mol. The molecule has 0 N–H and O–H groups in total. The third kappa shape index (κ3) is 7.50. The van der Waals surface area contributed by atoms with E-state index in [0.29, 0.717) is 44.4 Å². The highest BCUT2D eigenvalue weighted by Crippen LogP contribution is 2.28. The molecule has 0 aliphatic heterocycles. The number of halogens is 4. The average Bonchev–Trinajstić information content (AvgIpc) is 3.31. The van der Waals surface area contributed by atoms with Crippen LogP contribution in [0.5, 0.6) is 11.5 Å². The standard InChI is InChI=1S/C22H20Cl4N4O4/c23-15-5-7-19(17(25)11-15)33-9-1-3-21(31)30(29-13-27-28-14-29)22(32)4-2-10-34-20-8-6-16(24)12-18(20)26/h5-8,11-14H,1-4,9-10H2. The summed E-state index contributed by atoms with van der Waals surface area (Å²) in [4.78, 5) is 25.6. The van der Waals surface area contributed by atoms with Crippen molar-refractivity contribution in [1.29, 1.82) is 0 Å². The summed E-state index contributed by atoms with van der Waals surface area (Å²) in [5.41, 5.74) is 0. The topological polar surface area (TPSA) is 86.5 Å². The fourth-order valence-corrected chi connectivity index (χ4v) is 3.83. The zero-order valence-electron chi connectivity index (χ0n) is 17.8. The van der Waals surface area contributed by atoms with Gasteiger partial charge in [0.25, 0.3) is 0 Å². The summed E-state index contributed by atoms with van der Waals surface area (Å²) in [5.74, 6) is 0.0895. The Bertz CT molecular complexity index is 1060. The van der Waals surface area contributed by atoms with Gasteiger partial charge in [-0.3, -0.25) is 9.59 Å². The van der Waals surface area contributed by atoms with Gasteiger partial charge in [0.2, 0.25) is 11.8 Å². The SMILES string of the molecule is O=C(CCCOc1ccc(Cl)cc1Cl)N(C(=O)CCCOc1ccc(Cl)cc1Cl)n1cnnc1. The summed E-state index contributed by atoms with van der Waals surface area (Å²) in [6, 6.07) is 9.76. The van der Waals surface area contributed by atoms with Crippen LogP contribution in [-0.4, -0.2) is 39.9 Å². The van der Waals surface area contributed by atoms with E-state index in [0.717, 1.165) is 5.01 Å². The van der Waals surface area contributed by atoms with Crippen molar-refractivity contribution in [2.45, 2.75) is 25.7 Å². The number of benzene rings is 2. The minimum atomic E-state index is -0.419. The highest BCUT2D eigenvalue weighted by atomic mass is 35.5. The second-order valence-electron chi connectivity index (χ2n) is 6.99. The van der Waals surface area contributed by atoms with Crippen LogP contribution < -0.4 is 14.5 Å². The molecule has 8 nitrogen and oxygen atoms in total. The number of amides is 2. The minimum Gasteiger partial charge on any atom is -0.492 e. The summed E-state index contributed by atoms with van der Waals surface area (Å²) >= 11 is 23.9. The van der Waals surface area contributed by atoms with Crippen molar-refractivity contribution in [2.24, 2.45) is 0 Å². The lowest BCUT2D eigenvalue weighted by atomic mass is 10.2. The first-order chi connectivity index (χ1) is 16.3. The summed E-state index contributed by atoms with van der Waals surface area (Å²) in [6.07, 6.45) is 3.41. The molecule has 3 aromatic rings. The molecule has 2 amide bonds. The number of ether oxygens (including phenoxy) is 2. The Hall–Kier alpha value is -2.52. The van der Waals surface area contributed by atoms with Gasteiger partial charge in [-0.15, -0.1) is 10.2 Å². The lowest BCUT2D eigenvalue weighted by Crippen LogP contribution is -2.45. The fraction of sp³-hybridized carbons (Fsp3) is 0.273. The third-order valence-corrected chi connectivity index (χ3v) is 5.54. The number of carbonyl (C=O) groups excluding carboxylic acids is 2. The van der Waals surface area contributed by atoms with E-state index in [9.17, 15) is 9.59 Å². The lowest BCUT2D eigenvalue weighted by molar-refractivity contribution is -0.129. The lowest BCUT2D eigenvalue weighted by Gasteiger charge is -2.21. The van der Waals surface area contributed by atoms with Crippen molar-refractivity contribution in [3.05, 3.63) is 69.1 Å². The van der Waals surface area contributed by atoms with Crippen LogP contribution in [0.3, 0.4) is 0 Å². The molecule has 12 heteroatoms. The Morgan fingerprint density at radius 2 is 1.21 bits per heavy atom. The fourth-order valence-electron chi connectivity index (χ4n) is 2.90. The number of carbonyl (C=O) groups is 2. The van der Waals surface area contributed by atoms with Crippen molar-refractivity contribution in [3.63, 3.8) is 0 Å². The smallest absolute Gasteiger partial charge is 0.248 e. The normalized spacial score (nSPS) is 10.7. The van der Waals surface area contributed by atoms with E-state index in [1.807, 2.05) is 0 Å². The van der Waals surface area contributed by atoms with Crippen molar-refractivity contribution < 1.29 is 19.1 Å². The van der Waals surface area contributed by atoms with Gasteiger partial charge in [0.15, 0.2) is 0 Å². The second kappa shape index (κ2) is 12.8. The molecule has 2 aromatic carbocycles. The molecule has 3 rings (SSSR count). The van der Waals surface area contributed by atoms with E-state index in [1.54, 1.807) is 36.4 Å². The second-order valence-corrected chi connectivity index (χ2v) is 8.68. The van der Waals surface area contributed by atoms with Crippen molar-refractivity contribution in [1.82, 2.24) is 14.9 Å². The monoisotopic (exact) mass is 544 g/mol. The molecule has 0 bridgehead atoms. The number of nitrogens with zero attached hydrogens (tertiary/aromatic N) is 4. The molecule has 1 aromatic heterocycles. The first-order valence-corrected chi connectivity index (χ1v) is 11.7. The summed E-state index contributed by atoms with van der Waals surface area (Å²) < 4.78 is 12.4. The molecule has 0 saturated carbocycles. The van der Waals surface area contributed by atoms with E-state index in [2.05, 4.69) is 10.2 Å². The van der Waals surface area contributed by atoms with Crippen LogP contribution in [0.2, 0.25) is 20.1 Å². The van der Waals surface area contributed by atoms with E-state index < -0.39 is 11.8 Å². The molecule has 0 radical (unpaired) electrons. The Morgan fingerprint density at radius 3 is 1.62 bits per heavy atom. The molecule has 0 aliphatic carbocycles. The molecular formula is C22H20Cl4N4O4. The predicted molar refractivity (Wildman–Crippen MR) is 131 cm³/mol. The van der Waals surface area contributed by atoms with Crippen LogP contribution in [0.25, 0.3) is 0 Å². The first kappa shape index (κ1) is 26.1.